The van der Waals surface area contributed by atoms with Crippen molar-refractivity contribution in [2.75, 3.05) is 0 Å². The van der Waals surface area contributed by atoms with Gasteiger partial charge in [0.05, 0.1) is 0 Å². The molecule has 1 heterocycles. The Hall–Kier alpha value is -0.390. The minimum Gasteiger partial charge on any atom is -0.369 e. The van der Waals surface area contributed by atoms with Gasteiger partial charge in [-0.15, -0.1) is 0 Å². The third kappa shape index (κ3) is 1.16. The number of aliphatic hydroxyl groups is 1. The maximum Gasteiger partial charge on any atom is 0.186 e. The van der Waals surface area contributed by atoms with E-state index in [1.165, 1.54) is 5.01 Å². The maximum atomic E-state index is 10.5. The van der Waals surface area contributed by atoms with Crippen molar-refractivity contribution in [1.29, 1.82) is 0 Å². The second kappa shape index (κ2) is 2.81. The van der Waals surface area contributed by atoms with Crippen molar-refractivity contribution in [1.82, 2.24) is 10.3 Å². The highest BCUT2D eigenvalue weighted by Gasteiger charge is 2.56. The van der Waals surface area contributed by atoms with Crippen LogP contribution in [0.4, 0.5) is 0 Å². The van der Waals surface area contributed by atoms with Crippen LogP contribution < -0.4 is 11.2 Å². The summed E-state index contributed by atoms with van der Waals surface area (Å²) in [5, 5.41) is 15.4. The van der Waals surface area contributed by atoms with Crippen LogP contribution in [-0.4, -0.2) is 26.5 Å². The van der Waals surface area contributed by atoms with E-state index in [1.807, 2.05) is 0 Å². The van der Waals surface area contributed by atoms with E-state index in [0.29, 0.717) is 11.5 Å². The Morgan fingerprint density at radius 1 is 1.64 bits per heavy atom. The van der Waals surface area contributed by atoms with Crippen LogP contribution in [0.15, 0.2) is 0 Å². The molecule has 0 spiro atoms. The van der Waals surface area contributed by atoms with Gasteiger partial charge >= 0.3 is 0 Å². The Morgan fingerprint density at radius 3 is 2.93 bits per heavy atom. The zero-order chi connectivity index (χ0) is 10.6. The summed E-state index contributed by atoms with van der Waals surface area (Å²) < 4.78 is 0. The van der Waals surface area contributed by atoms with E-state index >= 15 is 0 Å². The molecule has 2 aliphatic rings. The Labute approximate surface area is 89.4 Å². The average molecular weight is 215 g/mol. The van der Waals surface area contributed by atoms with Crippen LogP contribution in [0.2, 0.25) is 0 Å². The molecule has 4 N–H and O–H groups in total. The predicted octanol–water partition coefficient (Wildman–Crippen LogP) is 0.317. The fourth-order valence-electron chi connectivity index (χ4n) is 2.80. The average Bonchev–Trinajstić information content (AvgIpc) is 2.45. The molecule has 2 fully saturated rings. The van der Waals surface area contributed by atoms with Crippen LogP contribution in [0.1, 0.15) is 33.1 Å². The van der Waals surface area contributed by atoms with Crippen LogP contribution in [-0.2, 0) is 0 Å². The van der Waals surface area contributed by atoms with E-state index < -0.39 is 5.72 Å². The molecule has 0 aromatic heterocycles. The zero-order valence-electron chi connectivity index (χ0n) is 8.58. The summed E-state index contributed by atoms with van der Waals surface area (Å²) in [6.45, 7) is 4.13. The third-order valence-electron chi connectivity index (χ3n) is 3.53. The molecular weight excluding hydrogens is 198 g/mol. The van der Waals surface area contributed by atoms with Gasteiger partial charge in [-0.25, -0.2) is 5.84 Å². The highest BCUT2D eigenvalue weighted by Crippen LogP contribution is 2.45. The van der Waals surface area contributed by atoms with Gasteiger partial charge in [0.2, 0.25) is 0 Å². The van der Waals surface area contributed by atoms with Gasteiger partial charge in [-0.3, -0.25) is 5.01 Å². The molecule has 0 amide bonds. The smallest absolute Gasteiger partial charge is 0.186 e. The predicted molar refractivity (Wildman–Crippen MR) is 58.1 cm³/mol. The van der Waals surface area contributed by atoms with Crippen LogP contribution >= 0.6 is 12.2 Å². The van der Waals surface area contributed by atoms with Crippen molar-refractivity contribution < 1.29 is 5.11 Å². The minimum atomic E-state index is -0.939. The SMILES string of the molecule is CC1(C)NC(=S)N(N)C2(O)CCCC12. The molecule has 1 saturated carbocycles. The zero-order valence-corrected chi connectivity index (χ0v) is 9.40. The van der Waals surface area contributed by atoms with Crippen molar-refractivity contribution in [3.8, 4) is 0 Å². The first-order valence-electron chi connectivity index (χ1n) is 4.97. The van der Waals surface area contributed by atoms with Crippen LogP contribution in [0.5, 0.6) is 0 Å². The number of fused-ring (bicyclic) bond motifs is 1. The molecule has 4 nitrogen and oxygen atoms in total. The Balaban J connectivity index is 2.39. The Morgan fingerprint density at radius 2 is 2.29 bits per heavy atom. The van der Waals surface area contributed by atoms with Gasteiger partial charge < -0.3 is 10.4 Å². The number of nitrogens with zero attached hydrogens (tertiary/aromatic N) is 1. The molecule has 2 unspecified atom stereocenters. The lowest BCUT2D eigenvalue weighted by Crippen LogP contribution is -2.73. The van der Waals surface area contributed by atoms with E-state index in [4.69, 9.17) is 18.1 Å². The number of nitrogens with two attached hydrogens (primary N) is 1. The van der Waals surface area contributed by atoms with E-state index in [-0.39, 0.29) is 11.5 Å². The summed E-state index contributed by atoms with van der Waals surface area (Å²) >= 11 is 5.10. The first-order valence-corrected chi connectivity index (χ1v) is 5.38. The molecular formula is C9H17N3OS. The number of rotatable bonds is 0. The summed E-state index contributed by atoms with van der Waals surface area (Å²) in [6.07, 6.45) is 2.70. The van der Waals surface area contributed by atoms with Crippen molar-refractivity contribution in [3.63, 3.8) is 0 Å². The second-order valence-corrected chi connectivity index (χ2v) is 5.23. The molecule has 5 heteroatoms. The highest BCUT2D eigenvalue weighted by atomic mass is 32.1. The molecule has 0 aromatic rings. The van der Waals surface area contributed by atoms with Crippen LogP contribution in [0.25, 0.3) is 0 Å². The number of nitrogens with one attached hydrogen (secondary N) is 1. The first-order chi connectivity index (χ1) is 6.38. The van der Waals surface area contributed by atoms with Gasteiger partial charge in [-0.2, -0.15) is 0 Å². The van der Waals surface area contributed by atoms with Crippen molar-refractivity contribution in [2.24, 2.45) is 11.8 Å². The first kappa shape index (κ1) is 10.1. The van der Waals surface area contributed by atoms with Crippen LogP contribution in [0.3, 0.4) is 0 Å². The topological polar surface area (TPSA) is 61.5 Å². The third-order valence-corrected chi connectivity index (χ3v) is 3.83. The maximum absolute atomic E-state index is 10.5. The van der Waals surface area contributed by atoms with Gasteiger partial charge in [0.1, 0.15) is 0 Å². The number of thiocarbonyl (C=S) groups is 1. The molecule has 0 aromatic carbocycles. The molecule has 1 aliphatic carbocycles. The lowest BCUT2D eigenvalue weighted by molar-refractivity contribution is -0.135. The van der Waals surface area contributed by atoms with E-state index in [0.717, 1.165) is 12.8 Å². The molecule has 0 radical (unpaired) electrons. The largest absolute Gasteiger partial charge is 0.369 e. The van der Waals surface area contributed by atoms with Gasteiger partial charge in [0, 0.05) is 11.5 Å². The summed E-state index contributed by atoms with van der Waals surface area (Å²) in [7, 11) is 0. The molecule has 2 rings (SSSR count). The number of hydrogen-bond donors (Lipinski definition) is 3. The lowest BCUT2D eigenvalue weighted by atomic mass is 9.79. The van der Waals surface area contributed by atoms with Crippen molar-refractivity contribution in [2.45, 2.75) is 44.4 Å². The van der Waals surface area contributed by atoms with E-state index in [9.17, 15) is 5.11 Å². The molecule has 80 valence electrons. The molecule has 1 saturated heterocycles. The molecule has 14 heavy (non-hydrogen) atoms. The standard InChI is InChI=1S/C9H17N3OS/c1-8(2)6-4-3-5-9(6,13)12(10)7(14)11-8/h6,13H,3-5,10H2,1-2H3,(H,11,14). The van der Waals surface area contributed by atoms with Gasteiger partial charge in [-0.05, 0) is 45.3 Å². The summed E-state index contributed by atoms with van der Waals surface area (Å²) in [6, 6.07) is 0. The monoisotopic (exact) mass is 215 g/mol. The quantitative estimate of drug-likeness (QED) is 0.401. The Kier molecular flexibility index (Phi) is 2.03. The number of hydrazine groups is 1. The van der Waals surface area contributed by atoms with Gasteiger partial charge in [0.15, 0.2) is 10.8 Å². The molecule has 1 aliphatic heterocycles. The normalized spacial score (nSPS) is 40.7. The van der Waals surface area contributed by atoms with Gasteiger partial charge in [-0.1, -0.05) is 0 Å². The molecule has 2 atom stereocenters. The van der Waals surface area contributed by atoms with Crippen LogP contribution in [0, 0.1) is 5.92 Å². The fraction of sp³-hybridized carbons (Fsp3) is 0.889. The minimum absolute atomic E-state index is 0.145. The summed E-state index contributed by atoms with van der Waals surface area (Å²) in [5.74, 6) is 5.94. The second-order valence-electron chi connectivity index (χ2n) is 4.85. The highest BCUT2D eigenvalue weighted by molar-refractivity contribution is 7.80. The summed E-state index contributed by atoms with van der Waals surface area (Å²) in [5.41, 5.74) is -1.11. The Bertz CT molecular complexity index is 281. The van der Waals surface area contributed by atoms with Crippen molar-refractivity contribution >= 4 is 17.3 Å². The fourth-order valence-corrected chi connectivity index (χ4v) is 3.22. The van der Waals surface area contributed by atoms with Gasteiger partial charge in [0.25, 0.3) is 0 Å². The summed E-state index contributed by atoms with van der Waals surface area (Å²) in [4.78, 5) is 0. The van der Waals surface area contributed by atoms with E-state index in [1.54, 1.807) is 0 Å². The lowest BCUT2D eigenvalue weighted by Gasteiger charge is -2.52. The van der Waals surface area contributed by atoms with E-state index in [2.05, 4.69) is 19.2 Å². The molecule has 0 bridgehead atoms. The van der Waals surface area contributed by atoms with Crippen molar-refractivity contribution in [3.05, 3.63) is 0 Å². The number of hydrogen-bond acceptors (Lipinski definition) is 3.